The van der Waals surface area contributed by atoms with Crippen molar-refractivity contribution in [2.24, 2.45) is 0 Å². The highest BCUT2D eigenvalue weighted by Gasteiger charge is 2.48. The summed E-state index contributed by atoms with van der Waals surface area (Å²) >= 11 is 0. The third kappa shape index (κ3) is 2.73. The molecule has 1 N–H and O–H groups in total. The van der Waals surface area contributed by atoms with Gasteiger partial charge in [0.2, 0.25) is 0 Å². The van der Waals surface area contributed by atoms with Gasteiger partial charge in [0, 0.05) is 13.1 Å². The maximum Gasteiger partial charge on any atom is 0.325 e. The zero-order valence-electron chi connectivity index (χ0n) is 13.0. The van der Waals surface area contributed by atoms with Crippen LogP contribution in [0.3, 0.4) is 0 Å². The summed E-state index contributed by atoms with van der Waals surface area (Å²) in [6.45, 7) is 5.15. The lowest BCUT2D eigenvalue weighted by Gasteiger charge is -2.28. The topological polar surface area (TPSA) is 52.7 Å². The number of piperidine rings is 1. The first kappa shape index (κ1) is 15.0. The van der Waals surface area contributed by atoms with E-state index in [-0.39, 0.29) is 11.9 Å². The van der Waals surface area contributed by atoms with Crippen LogP contribution in [0.1, 0.15) is 31.7 Å². The molecule has 2 heterocycles. The molecular weight excluding hydrogens is 278 g/mol. The van der Waals surface area contributed by atoms with E-state index in [1.165, 1.54) is 24.2 Å². The Hall–Kier alpha value is -1.88. The first-order chi connectivity index (χ1) is 10.6. The second-order valence-corrected chi connectivity index (χ2v) is 6.28. The Bertz CT molecular complexity index is 554. The van der Waals surface area contributed by atoms with Gasteiger partial charge in [0.1, 0.15) is 5.54 Å². The molecule has 3 rings (SSSR count). The second-order valence-electron chi connectivity index (χ2n) is 6.28. The summed E-state index contributed by atoms with van der Waals surface area (Å²) in [6, 6.07) is 9.15. The number of likely N-dealkylation sites (tertiary alicyclic amines) is 1. The van der Waals surface area contributed by atoms with E-state index < -0.39 is 5.54 Å². The number of hydrogen-bond donors (Lipinski definition) is 1. The van der Waals surface area contributed by atoms with E-state index in [4.69, 9.17) is 0 Å². The van der Waals surface area contributed by atoms with Crippen molar-refractivity contribution in [1.29, 1.82) is 0 Å². The lowest BCUT2D eigenvalue weighted by atomic mass is 9.92. The van der Waals surface area contributed by atoms with Crippen molar-refractivity contribution in [3.05, 3.63) is 35.9 Å². The Balaban J connectivity index is 1.69. The molecule has 5 nitrogen and oxygen atoms in total. The Morgan fingerprint density at radius 1 is 1.05 bits per heavy atom. The summed E-state index contributed by atoms with van der Waals surface area (Å²) in [5, 5.41) is 2.85. The quantitative estimate of drug-likeness (QED) is 0.865. The van der Waals surface area contributed by atoms with Crippen LogP contribution < -0.4 is 5.32 Å². The zero-order chi connectivity index (χ0) is 15.6. The predicted molar refractivity (Wildman–Crippen MR) is 84.3 cm³/mol. The summed E-state index contributed by atoms with van der Waals surface area (Å²) in [7, 11) is 0. The molecule has 3 amide bonds. The number of carbonyl (C=O) groups excluding carboxylic acids is 2. The first-order valence-corrected chi connectivity index (χ1v) is 8.03. The third-order valence-corrected chi connectivity index (χ3v) is 4.71. The van der Waals surface area contributed by atoms with Gasteiger partial charge in [0.05, 0.1) is 0 Å². The number of benzene rings is 1. The van der Waals surface area contributed by atoms with Crippen molar-refractivity contribution in [2.45, 2.75) is 31.7 Å². The first-order valence-electron chi connectivity index (χ1n) is 8.03. The molecule has 118 valence electrons. The summed E-state index contributed by atoms with van der Waals surface area (Å²) in [5.74, 6) is -0.152. The molecule has 2 saturated heterocycles. The number of urea groups is 1. The lowest BCUT2D eigenvalue weighted by Crippen LogP contribution is -2.42. The molecule has 2 aliphatic rings. The maximum absolute atomic E-state index is 12.7. The molecule has 5 heteroatoms. The minimum Gasteiger partial charge on any atom is -0.319 e. The fourth-order valence-corrected chi connectivity index (χ4v) is 3.29. The van der Waals surface area contributed by atoms with E-state index in [2.05, 4.69) is 10.2 Å². The van der Waals surface area contributed by atoms with Gasteiger partial charge < -0.3 is 10.2 Å². The van der Waals surface area contributed by atoms with Crippen LogP contribution in [-0.2, 0) is 10.3 Å². The van der Waals surface area contributed by atoms with Crippen molar-refractivity contribution < 1.29 is 9.59 Å². The molecule has 0 bridgehead atoms. The molecule has 0 aliphatic carbocycles. The van der Waals surface area contributed by atoms with E-state index in [0.717, 1.165) is 25.2 Å². The average Bonchev–Trinajstić information content (AvgIpc) is 2.78. The van der Waals surface area contributed by atoms with Gasteiger partial charge >= 0.3 is 6.03 Å². The average molecular weight is 301 g/mol. The Morgan fingerprint density at radius 2 is 1.73 bits per heavy atom. The van der Waals surface area contributed by atoms with Crippen molar-refractivity contribution in [2.75, 3.05) is 26.2 Å². The number of carbonyl (C=O) groups is 2. The van der Waals surface area contributed by atoms with Crippen LogP contribution in [0.15, 0.2) is 30.3 Å². The molecule has 2 aliphatic heterocycles. The van der Waals surface area contributed by atoms with E-state index in [9.17, 15) is 9.59 Å². The van der Waals surface area contributed by atoms with Gasteiger partial charge in [-0.2, -0.15) is 0 Å². The number of rotatable bonds is 4. The normalized spacial score (nSPS) is 26.3. The monoisotopic (exact) mass is 301 g/mol. The van der Waals surface area contributed by atoms with E-state index >= 15 is 0 Å². The molecule has 0 spiro atoms. The van der Waals surface area contributed by atoms with Crippen LogP contribution in [0.25, 0.3) is 0 Å². The minimum atomic E-state index is -0.944. The summed E-state index contributed by atoms with van der Waals surface area (Å²) in [5.41, 5.74) is -0.117. The van der Waals surface area contributed by atoms with Crippen molar-refractivity contribution in [3.63, 3.8) is 0 Å². The van der Waals surface area contributed by atoms with Gasteiger partial charge in [-0.25, -0.2) is 4.79 Å². The largest absolute Gasteiger partial charge is 0.325 e. The smallest absolute Gasteiger partial charge is 0.319 e. The summed E-state index contributed by atoms with van der Waals surface area (Å²) < 4.78 is 0. The molecule has 0 saturated carbocycles. The van der Waals surface area contributed by atoms with Gasteiger partial charge in [-0.3, -0.25) is 9.69 Å². The summed E-state index contributed by atoms with van der Waals surface area (Å²) in [4.78, 5) is 28.7. The van der Waals surface area contributed by atoms with E-state index in [1.807, 2.05) is 30.3 Å². The van der Waals surface area contributed by atoms with Gasteiger partial charge in [-0.05, 0) is 38.4 Å². The molecule has 2 fully saturated rings. The lowest BCUT2D eigenvalue weighted by molar-refractivity contribution is -0.131. The third-order valence-electron chi connectivity index (χ3n) is 4.71. The van der Waals surface area contributed by atoms with Gasteiger partial charge in [0.25, 0.3) is 5.91 Å². The standard InChI is InChI=1S/C17H23N3O2/c1-17(14-8-4-2-5-9-14)15(21)20(16(22)18-17)13-12-19-10-6-3-7-11-19/h2,4-5,8-9H,3,6-7,10-13H2,1H3,(H,18,22). The molecule has 22 heavy (non-hydrogen) atoms. The van der Waals surface area contributed by atoms with E-state index in [0.29, 0.717) is 6.54 Å². The molecule has 1 atom stereocenters. The highest BCUT2D eigenvalue weighted by Crippen LogP contribution is 2.28. The maximum atomic E-state index is 12.7. The van der Waals surface area contributed by atoms with Crippen LogP contribution in [0.2, 0.25) is 0 Å². The number of hydrogen-bond acceptors (Lipinski definition) is 3. The SMILES string of the molecule is CC1(c2ccccc2)NC(=O)N(CCN2CCCCC2)C1=O. The van der Waals surface area contributed by atoms with Crippen LogP contribution in [0, 0.1) is 0 Å². The Labute approximate surface area is 131 Å². The van der Waals surface area contributed by atoms with Gasteiger partial charge in [-0.15, -0.1) is 0 Å². The molecule has 0 aromatic heterocycles. The Kier molecular flexibility index (Phi) is 4.16. The second kappa shape index (κ2) is 6.08. The molecule has 0 radical (unpaired) electrons. The molecule has 1 aromatic rings. The predicted octanol–water partition coefficient (Wildman–Crippen LogP) is 1.94. The highest BCUT2D eigenvalue weighted by atomic mass is 16.2. The Morgan fingerprint density at radius 3 is 2.41 bits per heavy atom. The number of imide groups is 1. The number of nitrogens with one attached hydrogen (secondary N) is 1. The molecular formula is C17H23N3O2. The fraction of sp³-hybridized carbons (Fsp3) is 0.529. The van der Waals surface area contributed by atoms with Crippen LogP contribution in [0.4, 0.5) is 4.79 Å². The molecule has 1 unspecified atom stereocenters. The fourth-order valence-electron chi connectivity index (χ4n) is 3.29. The van der Waals surface area contributed by atoms with Gasteiger partial charge in [-0.1, -0.05) is 36.8 Å². The van der Waals surface area contributed by atoms with Crippen molar-refractivity contribution in [3.8, 4) is 0 Å². The summed E-state index contributed by atoms with van der Waals surface area (Å²) in [6.07, 6.45) is 3.70. The van der Waals surface area contributed by atoms with Gasteiger partial charge in [0.15, 0.2) is 0 Å². The molecule has 1 aromatic carbocycles. The van der Waals surface area contributed by atoms with E-state index in [1.54, 1.807) is 6.92 Å². The number of amides is 3. The minimum absolute atomic E-state index is 0.152. The van der Waals surface area contributed by atoms with Crippen LogP contribution in [0.5, 0.6) is 0 Å². The van der Waals surface area contributed by atoms with Crippen molar-refractivity contribution in [1.82, 2.24) is 15.1 Å². The van der Waals surface area contributed by atoms with Crippen LogP contribution >= 0.6 is 0 Å². The highest BCUT2D eigenvalue weighted by molar-refractivity contribution is 6.07. The number of nitrogens with zero attached hydrogens (tertiary/aromatic N) is 2. The van der Waals surface area contributed by atoms with Crippen LogP contribution in [-0.4, -0.2) is 47.9 Å². The van der Waals surface area contributed by atoms with Crippen molar-refractivity contribution >= 4 is 11.9 Å². The zero-order valence-corrected chi connectivity index (χ0v) is 13.0.